The van der Waals surface area contributed by atoms with E-state index in [4.69, 9.17) is 5.73 Å². The highest BCUT2D eigenvalue weighted by molar-refractivity contribution is 7.22. The minimum absolute atomic E-state index is 0.0393. The average Bonchev–Trinajstić information content (AvgIpc) is 3.12. The number of Topliss-reactive ketones (excluding diaryl/α,β-unsaturated/α-hetero) is 2. The third kappa shape index (κ3) is 3.70. The largest absolute Gasteiger partial charge is 0.375 e. The van der Waals surface area contributed by atoms with E-state index in [1.807, 2.05) is 55.5 Å². The number of ketones is 2. The number of nitrogen functional groups attached to an aromatic ring is 1. The van der Waals surface area contributed by atoms with Gasteiger partial charge in [0.05, 0.1) is 16.3 Å². The fourth-order valence-electron chi connectivity index (χ4n) is 3.89. The zero-order valence-electron chi connectivity index (χ0n) is 15.8. The molecule has 144 valence electrons. The summed E-state index contributed by atoms with van der Waals surface area (Å²) in [5.74, 6) is 0.353. The summed E-state index contributed by atoms with van der Waals surface area (Å²) in [5.41, 5.74) is 8.05. The Morgan fingerprint density at radius 1 is 1.11 bits per heavy atom. The van der Waals surface area contributed by atoms with Crippen LogP contribution in [0, 0.1) is 5.92 Å². The van der Waals surface area contributed by atoms with Crippen molar-refractivity contribution in [2.45, 2.75) is 25.8 Å². The lowest BCUT2D eigenvalue weighted by Gasteiger charge is -2.34. The summed E-state index contributed by atoms with van der Waals surface area (Å²) in [4.78, 5) is 32.1. The Kier molecular flexibility index (Phi) is 5.24. The van der Waals surface area contributed by atoms with Crippen LogP contribution in [0.15, 0.2) is 48.5 Å². The lowest BCUT2D eigenvalue weighted by molar-refractivity contribution is 0.0713. The van der Waals surface area contributed by atoms with E-state index < -0.39 is 0 Å². The average molecular weight is 394 g/mol. The molecule has 6 heteroatoms. The van der Waals surface area contributed by atoms with Crippen molar-refractivity contribution in [3.05, 3.63) is 59.7 Å². The maximum atomic E-state index is 13.0. The molecule has 0 spiro atoms. The van der Waals surface area contributed by atoms with E-state index in [1.165, 1.54) is 11.3 Å². The number of fused-ring (bicyclic) bond motifs is 1. The van der Waals surface area contributed by atoms with Gasteiger partial charge in [0.15, 0.2) is 16.7 Å². The summed E-state index contributed by atoms with van der Waals surface area (Å²) in [6.07, 6.45) is 1.57. The molecule has 0 amide bonds. The number of carbonyl (C=O) groups is 2. The number of likely N-dealkylation sites (tertiary alicyclic amines) is 1. The number of carbonyl (C=O) groups excluding carboxylic acids is 2. The Bertz CT molecular complexity index is 1010. The van der Waals surface area contributed by atoms with Crippen molar-refractivity contribution in [2.75, 3.05) is 18.8 Å². The maximum Gasteiger partial charge on any atom is 0.181 e. The van der Waals surface area contributed by atoms with Crippen LogP contribution in [0.1, 0.15) is 40.5 Å². The van der Waals surface area contributed by atoms with E-state index in [0.717, 1.165) is 41.7 Å². The van der Waals surface area contributed by atoms with Crippen LogP contribution in [0.3, 0.4) is 0 Å². The number of nitrogens with zero attached hydrogens (tertiary/aromatic N) is 2. The Hall–Kier alpha value is -2.57. The molecule has 2 N–H and O–H groups in total. The molecule has 1 aliphatic rings. The number of aromatic nitrogens is 1. The van der Waals surface area contributed by atoms with Crippen molar-refractivity contribution in [3.63, 3.8) is 0 Å². The highest BCUT2D eigenvalue weighted by Crippen LogP contribution is 2.27. The summed E-state index contributed by atoms with van der Waals surface area (Å²) in [5, 5.41) is 0.512. The van der Waals surface area contributed by atoms with Gasteiger partial charge in [-0.2, -0.15) is 0 Å². The molecule has 1 aliphatic heterocycles. The summed E-state index contributed by atoms with van der Waals surface area (Å²) in [6, 6.07) is 14.8. The fourth-order valence-corrected chi connectivity index (χ4v) is 4.66. The molecule has 1 aromatic heterocycles. The number of thiazole rings is 1. The van der Waals surface area contributed by atoms with Crippen LogP contribution in [0.25, 0.3) is 10.2 Å². The zero-order chi connectivity index (χ0) is 19.7. The number of rotatable bonds is 5. The highest BCUT2D eigenvalue weighted by Gasteiger charge is 2.30. The quantitative estimate of drug-likeness (QED) is 0.662. The van der Waals surface area contributed by atoms with E-state index in [1.54, 1.807) is 0 Å². The molecule has 3 aromatic rings. The molecule has 1 saturated heterocycles. The molecule has 28 heavy (non-hydrogen) atoms. The van der Waals surface area contributed by atoms with Crippen LogP contribution in [-0.4, -0.2) is 40.6 Å². The standard InChI is InChI=1S/C22H23N3O2S/c1-14(20(26)17-7-8-18-19(13-17)28-22(23)24-18)25-11-9-16(10-12-25)21(27)15-5-3-2-4-6-15/h2-8,13-14,16H,9-12H2,1H3,(H2,23,24). The monoisotopic (exact) mass is 393 g/mol. The number of hydrogen-bond donors (Lipinski definition) is 1. The van der Waals surface area contributed by atoms with Crippen molar-refractivity contribution in [1.29, 1.82) is 0 Å². The Morgan fingerprint density at radius 3 is 2.54 bits per heavy atom. The first kappa shape index (κ1) is 18.8. The normalized spacial score (nSPS) is 16.9. The molecule has 1 fully saturated rings. The lowest BCUT2D eigenvalue weighted by atomic mass is 9.88. The first-order valence-corrected chi connectivity index (χ1v) is 10.4. The molecule has 1 atom stereocenters. The Balaban J connectivity index is 1.40. The van der Waals surface area contributed by atoms with E-state index in [9.17, 15) is 9.59 Å². The number of benzene rings is 2. The van der Waals surface area contributed by atoms with E-state index in [2.05, 4.69) is 9.88 Å². The van der Waals surface area contributed by atoms with E-state index in [-0.39, 0.29) is 23.5 Å². The third-order valence-electron chi connectivity index (χ3n) is 5.58. The van der Waals surface area contributed by atoms with Crippen molar-refractivity contribution in [1.82, 2.24) is 9.88 Å². The summed E-state index contributed by atoms with van der Waals surface area (Å²) in [6.45, 7) is 3.46. The third-order valence-corrected chi connectivity index (χ3v) is 6.42. The van der Waals surface area contributed by atoms with Gasteiger partial charge in [0, 0.05) is 17.0 Å². The minimum Gasteiger partial charge on any atom is -0.375 e. The number of anilines is 1. The first-order chi connectivity index (χ1) is 13.5. The number of nitrogens with two attached hydrogens (primary N) is 1. The molecule has 0 aliphatic carbocycles. The van der Waals surface area contributed by atoms with Crippen LogP contribution in [-0.2, 0) is 0 Å². The van der Waals surface area contributed by atoms with Crippen LogP contribution in [0.4, 0.5) is 5.13 Å². The Labute approximate surface area is 168 Å². The van der Waals surface area contributed by atoms with Crippen molar-refractivity contribution in [3.8, 4) is 0 Å². The summed E-state index contributed by atoms with van der Waals surface area (Å²) in [7, 11) is 0. The van der Waals surface area contributed by atoms with Gasteiger partial charge in [-0.15, -0.1) is 0 Å². The summed E-state index contributed by atoms with van der Waals surface area (Å²) < 4.78 is 0.933. The van der Waals surface area contributed by atoms with Gasteiger partial charge >= 0.3 is 0 Å². The van der Waals surface area contributed by atoms with Crippen LogP contribution < -0.4 is 5.73 Å². The second kappa shape index (κ2) is 7.81. The van der Waals surface area contributed by atoms with E-state index >= 15 is 0 Å². The molecular formula is C22H23N3O2S. The molecule has 5 nitrogen and oxygen atoms in total. The van der Waals surface area contributed by atoms with Crippen molar-refractivity contribution < 1.29 is 9.59 Å². The molecule has 0 radical (unpaired) electrons. The first-order valence-electron chi connectivity index (χ1n) is 9.56. The van der Waals surface area contributed by atoms with Gasteiger partial charge in [0.25, 0.3) is 0 Å². The van der Waals surface area contributed by atoms with Gasteiger partial charge in [-0.3, -0.25) is 14.5 Å². The molecule has 1 unspecified atom stereocenters. The zero-order valence-corrected chi connectivity index (χ0v) is 16.6. The van der Waals surface area contributed by atoms with Crippen molar-refractivity contribution in [2.24, 2.45) is 5.92 Å². The topological polar surface area (TPSA) is 76.3 Å². The second-order valence-electron chi connectivity index (χ2n) is 7.32. The van der Waals surface area contributed by atoms with Gasteiger partial charge in [0.2, 0.25) is 0 Å². The molecule has 2 heterocycles. The van der Waals surface area contributed by atoms with Crippen molar-refractivity contribution >= 4 is 38.3 Å². The van der Waals surface area contributed by atoms with Gasteiger partial charge in [-0.25, -0.2) is 4.98 Å². The van der Waals surface area contributed by atoms with Crippen LogP contribution >= 0.6 is 11.3 Å². The molecule has 2 aromatic carbocycles. The summed E-state index contributed by atoms with van der Waals surface area (Å²) >= 11 is 1.40. The number of hydrogen-bond acceptors (Lipinski definition) is 6. The molecule has 0 saturated carbocycles. The van der Waals surface area contributed by atoms with Gasteiger partial charge in [-0.05, 0) is 51.1 Å². The number of piperidine rings is 1. The smallest absolute Gasteiger partial charge is 0.181 e. The molecule has 4 rings (SSSR count). The minimum atomic E-state index is -0.213. The van der Waals surface area contributed by atoms with Gasteiger partial charge < -0.3 is 5.73 Å². The predicted octanol–water partition coefficient (Wildman–Crippen LogP) is 4.04. The second-order valence-corrected chi connectivity index (χ2v) is 8.38. The SMILES string of the molecule is CC(C(=O)c1ccc2nc(N)sc2c1)N1CCC(C(=O)c2ccccc2)CC1. The predicted molar refractivity (Wildman–Crippen MR) is 113 cm³/mol. The van der Waals surface area contributed by atoms with E-state index in [0.29, 0.717) is 10.7 Å². The highest BCUT2D eigenvalue weighted by atomic mass is 32.1. The Morgan fingerprint density at radius 2 is 1.82 bits per heavy atom. The molecular weight excluding hydrogens is 370 g/mol. The molecule has 0 bridgehead atoms. The fraction of sp³-hybridized carbons (Fsp3) is 0.318. The lowest BCUT2D eigenvalue weighted by Crippen LogP contribution is -2.45. The van der Waals surface area contributed by atoms with Gasteiger partial charge in [0.1, 0.15) is 0 Å². The van der Waals surface area contributed by atoms with Crippen LogP contribution in [0.2, 0.25) is 0 Å². The maximum absolute atomic E-state index is 13.0. The van der Waals surface area contributed by atoms with Crippen LogP contribution in [0.5, 0.6) is 0 Å². The van der Waals surface area contributed by atoms with Gasteiger partial charge in [-0.1, -0.05) is 41.7 Å².